The summed E-state index contributed by atoms with van der Waals surface area (Å²) in [6, 6.07) is 7.10. The van der Waals surface area contributed by atoms with Gasteiger partial charge in [0, 0.05) is 24.8 Å². The van der Waals surface area contributed by atoms with Crippen LogP contribution in [0.15, 0.2) is 36.7 Å². The van der Waals surface area contributed by atoms with Gasteiger partial charge in [-0.15, -0.1) is 0 Å². The molecule has 0 saturated carbocycles. The van der Waals surface area contributed by atoms with Crippen LogP contribution >= 0.6 is 11.6 Å². The molecule has 0 bridgehead atoms. The van der Waals surface area contributed by atoms with Crippen molar-refractivity contribution in [1.29, 1.82) is 0 Å². The van der Waals surface area contributed by atoms with Crippen LogP contribution in [-0.2, 0) is 4.79 Å². The van der Waals surface area contributed by atoms with Gasteiger partial charge < -0.3 is 10.0 Å². The molecule has 2 aromatic rings. The maximum Gasteiger partial charge on any atom is 0.308 e. The number of halogens is 1. The number of nitrogens with zero attached hydrogens (tertiary/aromatic N) is 3. The average Bonchev–Trinajstić information content (AvgIpc) is 2.96. The Balaban J connectivity index is 2.14. The fourth-order valence-electron chi connectivity index (χ4n) is 1.99. The van der Waals surface area contributed by atoms with Crippen LogP contribution in [0.5, 0.6) is 0 Å². The summed E-state index contributed by atoms with van der Waals surface area (Å²) in [5.74, 6) is -1.84. The first-order chi connectivity index (χ1) is 10.4. The lowest BCUT2D eigenvalue weighted by Gasteiger charge is -2.18. The Kier molecular flexibility index (Phi) is 4.82. The van der Waals surface area contributed by atoms with Gasteiger partial charge >= 0.3 is 5.97 Å². The number of benzene rings is 1. The van der Waals surface area contributed by atoms with Crippen molar-refractivity contribution in [3.8, 4) is 5.69 Å². The first-order valence-electron chi connectivity index (χ1n) is 6.67. The molecule has 116 valence electrons. The first kappa shape index (κ1) is 16.0. The molecule has 0 saturated heterocycles. The van der Waals surface area contributed by atoms with Gasteiger partial charge in [0.2, 0.25) is 0 Å². The topological polar surface area (TPSA) is 75.4 Å². The van der Waals surface area contributed by atoms with Crippen LogP contribution in [0.1, 0.15) is 17.3 Å². The maximum atomic E-state index is 12.3. The number of aliphatic carboxylic acids is 1. The van der Waals surface area contributed by atoms with Gasteiger partial charge in [-0.05, 0) is 18.2 Å². The number of amides is 1. The Hall–Kier alpha value is -2.34. The third kappa shape index (κ3) is 3.65. The minimum atomic E-state index is -0.936. The van der Waals surface area contributed by atoms with E-state index in [1.807, 2.05) is 6.07 Å². The number of carboxylic acids is 1. The Labute approximate surface area is 132 Å². The lowest BCUT2D eigenvalue weighted by atomic mass is 10.1. The SMILES string of the molecule is CC(CN(C)C(=O)c1cnn(-c2cccc(Cl)c2)c1)C(=O)O. The van der Waals surface area contributed by atoms with Gasteiger partial charge in [-0.25, -0.2) is 4.68 Å². The van der Waals surface area contributed by atoms with E-state index in [9.17, 15) is 9.59 Å². The molecule has 0 aliphatic rings. The molecule has 6 nitrogen and oxygen atoms in total. The van der Waals surface area contributed by atoms with Crippen molar-refractivity contribution in [1.82, 2.24) is 14.7 Å². The third-order valence-electron chi connectivity index (χ3n) is 3.22. The molecule has 1 N–H and O–H groups in total. The largest absolute Gasteiger partial charge is 0.481 e. The highest BCUT2D eigenvalue weighted by Gasteiger charge is 2.19. The van der Waals surface area contributed by atoms with E-state index in [1.54, 1.807) is 43.0 Å². The quantitative estimate of drug-likeness (QED) is 0.917. The molecule has 0 aliphatic heterocycles. The van der Waals surface area contributed by atoms with Crippen LogP contribution in [0.2, 0.25) is 5.02 Å². The van der Waals surface area contributed by atoms with Crippen molar-refractivity contribution in [3.05, 3.63) is 47.2 Å². The fourth-order valence-corrected chi connectivity index (χ4v) is 2.17. The molecule has 0 fully saturated rings. The standard InChI is InChI=1S/C15H16ClN3O3/c1-10(15(21)22)8-18(2)14(20)11-7-17-19(9-11)13-5-3-4-12(16)6-13/h3-7,9-10H,8H2,1-2H3,(H,21,22). The lowest BCUT2D eigenvalue weighted by molar-refractivity contribution is -0.141. The van der Waals surface area contributed by atoms with E-state index in [0.29, 0.717) is 10.6 Å². The molecule has 1 amide bonds. The number of hydrogen-bond donors (Lipinski definition) is 1. The zero-order valence-corrected chi connectivity index (χ0v) is 13.0. The number of aromatic nitrogens is 2. The zero-order valence-electron chi connectivity index (χ0n) is 12.2. The summed E-state index contributed by atoms with van der Waals surface area (Å²) in [5, 5.41) is 13.6. The van der Waals surface area contributed by atoms with Crippen molar-refractivity contribution >= 4 is 23.5 Å². The molecule has 1 aromatic heterocycles. The van der Waals surface area contributed by atoms with Crippen molar-refractivity contribution in [2.75, 3.05) is 13.6 Å². The second-order valence-electron chi connectivity index (χ2n) is 5.08. The summed E-state index contributed by atoms with van der Waals surface area (Å²) in [6.45, 7) is 1.69. The van der Waals surface area contributed by atoms with Gasteiger partial charge in [0.15, 0.2) is 0 Å². The van der Waals surface area contributed by atoms with Crippen LogP contribution < -0.4 is 0 Å². The highest BCUT2D eigenvalue weighted by Crippen LogP contribution is 2.15. The van der Waals surface area contributed by atoms with E-state index in [4.69, 9.17) is 16.7 Å². The van der Waals surface area contributed by atoms with Gasteiger partial charge in [0.1, 0.15) is 0 Å². The predicted molar refractivity (Wildman–Crippen MR) is 82.3 cm³/mol. The normalized spacial score (nSPS) is 12.0. The summed E-state index contributed by atoms with van der Waals surface area (Å²) in [4.78, 5) is 24.5. The van der Waals surface area contributed by atoms with Gasteiger partial charge in [-0.1, -0.05) is 24.6 Å². The zero-order chi connectivity index (χ0) is 16.3. The number of carboxylic acid groups (broad SMARTS) is 1. The van der Waals surface area contributed by atoms with Gasteiger partial charge in [0.25, 0.3) is 5.91 Å². The molecule has 0 radical (unpaired) electrons. The number of hydrogen-bond acceptors (Lipinski definition) is 3. The van der Waals surface area contributed by atoms with Crippen molar-refractivity contribution in [2.24, 2.45) is 5.92 Å². The molecular formula is C15H16ClN3O3. The molecule has 0 aliphatic carbocycles. The van der Waals surface area contributed by atoms with Crippen LogP contribution in [0, 0.1) is 5.92 Å². The Bertz CT molecular complexity index is 699. The van der Waals surface area contributed by atoms with Crippen LogP contribution in [0.3, 0.4) is 0 Å². The van der Waals surface area contributed by atoms with E-state index < -0.39 is 11.9 Å². The molecule has 1 heterocycles. The van der Waals surface area contributed by atoms with E-state index in [0.717, 1.165) is 5.69 Å². The van der Waals surface area contributed by atoms with E-state index in [-0.39, 0.29) is 12.5 Å². The Morgan fingerprint density at radius 1 is 1.45 bits per heavy atom. The third-order valence-corrected chi connectivity index (χ3v) is 3.45. The summed E-state index contributed by atoms with van der Waals surface area (Å²) < 4.78 is 1.55. The molecular weight excluding hydrogens is 306 g/mol. The van der Waals surface area contributed by atoms with E-state index >= 15 is 0 Å². The van der Waals surface area contributed by atoms with Crippen LogP contribution in [-0.4, -0.2) is 45.3 Å². The predicted octanol–water partition coefficient (Wildman–Crippen LogP) is 2.32. The number of rotatable bonds is 5. The summed E-state index contributed by atoms with van der Waals surface area (Å²) >= 11 is 5.93. The fraction of sp³-hybridized carbons (Fsp3) is 0.267. The highest BCUT2D eigenvalue weighted by molar-refractivity contribution is 6.30. The second-order valence-corrected chi connectivity index (χ2v) is 5.51. The van der Waals surface area contributed by atoms with Crippen molar-refractivity contribution < 1.29 is 14.7 Å². The average molecular weight is 322 g/mol. The lowest BCUT2D eigenvalue weighted by Crippen LogP contribution is -2.33. The minimum absolute atomic E-state index is 0.135. The van der Waals surface area contributed by atoms with Crippen molar-refractivity contribution in [3.63, 3.8) is 0 Å². The smallest absolute Gasteiger partial charge is 0.308 e. The Morgan fingerprint density at radius 2 is 2.18 bits per heavy atom. The Morgan fingerprint density at radius 3 is 2.82 bits per heavy atom. The molecule has 1 unspecified atom stereocenters. The maximum absolute atomic E-state index is 12.3. The van der Waals surface area contributed by atoms with Gasteiger partial charge in [-0.2, -0.15) is 5.10 Å². The molecule has 7 heteroatoms. The summed E-state index contributed by atoms with van der Waals surface area (Å²) in [7, 11) is 1.57. The van der Waals surface area contributed by atoms with Crippen LogP contribution in [0.4, 0.5) is 0 Å². The number of carbonyl (C=O) groups is 2. The number of carbonyl (C=O) groups excluding carboxylic acids is 1. The van der Waals surface area contributed by atoms with Crippen LogP contribution in [0.25, 0.3) is 5.69 Å². The molecule has 2 rings (SSSR count). The monoisotopic (exact) mass is 321 g/mol. The molecule has 22 heavy (non-hydrogen) atoms. The first-order valence-corrected chi connectivity index (χ1v) is 7.05. The second kappa shape index (κ2) is 6.62. The molecule has 0 spiro atoms. The van der Waals surface area contributed by atoms with E-state index in [1.165, 1.54) is 11.1 Å². The minimum Gasteiger partial charge on any atom is -0.481 e. The van der Waals surface area contributed by atoms with Gasteiger partial charge in [-0.3, -0.25) is 9.59 Å². The molecule has 1 aromatic carbocycles. The molecule has 1 atom stereocenters. The summed E-state index contributed by atoms with van der Waals surface area (Å²) in [6.07, 6.45) is 3.04. The summed E-state index contributed by atoms with van der Waals surface area (Å²) in [5.41, 5.74) is 1.13. The van der Waals surface area contributed by atoms with E-state index in [2.05, 4.69) is 5.10 Å². The van der Waals surface area contributed by atoms with Crippen molar-refractivity contribution in [2.45, 2.75) is 6.92 Å². The van der Waals surface area contributed by atoms with Gasteiger partial charge in [0.05, 0.1) is 23.4 Å². The highest BCUT2D eigenvalue weighted by atomic mass is 35.5.